The van der Waals surface area contributed by atoms with E-state index in [-0.39, 0.29) is 6.04 Å². The number of nitrogens with zero attached hydrogens (tertiary/aromatic N) is 3. The lowest BCUT2D eigenvalue weighted by atomic mass is 10.1. The van der Waals surface area contributed by atoms with Crippen LogP contribution >= 0.6 is 11.6 Å². The van der Waals surface area contributed by atoms with Crippen molar-refractivity contribution in [2.75, 3.05) is 12.4 Å². The molecule has 1 atom stereocenters. The summed E-state index contributed by atoms with van der Waals surface area (Å²) in [6.07, 6.45) is 0. The van der Waals surface area contributed by atoms with Gasteiger partial charge in [0.05, 0.1) is 6.04 Å². The summed E-state index contributed by atoms with van der Waals surface area (Å²) in [6.45, 7) is 0. The number of nitrogens with two attached hydrogens (primary N) is 1. The Morgan fingerprint density at radius 2 is 2.06 bits per heavy atom. The fourth-order valence-electron chi connectivity index (χ4n) is 1.70. The zero-order chi connectivity index (χ0) is 12.4. The summed E-state index contributed by atoms with van der Waals surface area (Å²) in [5.41, 5.74) is 6.99. The third-order valence-electron chi connectivity index (χ3n) is 2.65. The fourth-order valence-corrected chi connectivity index (χ4v) is 1.95. The Hall–Kier alpha value is -1.59. The fraction of sp³-hybridized carbons (Fsp3) is 0.273. The van der Waals surface area contributed by atoms with Crippen LogP contribution in [-0.4, -0.2) is 21.8 Å². The number of hydrogen-bond acceptors (Lipinski definition) is 4. The van der Waals surface area contributed by atoms with Gasteiger partial charge in [-0.1, -0.05) is 29.8 Å². The summed E-state index contributed by atoms with van der Waals surface area (Å²) in [4.78, 5) is 0. The van der Waals surface area contributed by atoms with Gasteiger partial charge in [-0.15, -0.1) is 10.2 Å². The summed E-state index contributed by atoms with van der Waals surface area (Å²) in [6, 6.07) is 7.08. The van der Waals surface area contributed by atoms with E-state index >= 15 is 0 Å². The van der Waals surface area contributed by atoms with E-state index in [0.29, 0.717) is 16.8 Å². The highest BCUT2D eigenvalue weighted by molar-refractivity contribution is 6.31. The van der Waals surface area contributed by atoms with Crippen molar-refractivity contribution in [3.05, 3.63) is 40.7 Å². The van der Waals surface area contributed by atoms with Crippen molar-refractivity contribution < 1.29 is 0 Å². The maximum absolute atomic E-state index is 6.15. The van der Waals surface area contributed by atoms with E-state index in [9.17, 15) is 0 Å². The monoisotopic (exact) mass is 251 g/mol. The molecule has 0 radical (unpaired) electrons. The van der Waals surface area contributed by atoms with E-state index in [0.717, 1.165) is 5.56 Å². The molecule has 0 amide bonds. The second-order valence-corrected chi connectivity index (χ2v) is 4.10. The molecule has 1 heterocycles. The van der Waals surface area contributed by atoms with Gasteiger partial charge in [0, 0.05) is 19.1 Å². The summed E-state index contributed by atoms with van der Waals surface area (Å²) in [7, 11) is 3.65. The third kappa shape index (κ3) is 2.11. The standard InChI is InChI=1S/C11H14ClN5/c1-14-11-16-15-10(17(11)2)9(13)7-5-3-4-6-8(7)12/h3-6,9H,13H2,1-2H3,(H,14,16)/t9-/m1/s1. The van der Waals surface area contributed by atoms with Gasteiger partial charge in [0.25, 0.3) is 0 Å². The second-order valence-electron chi connectivity index (χ2n) is 3.69. The molecule has 2 rings (SSSR count). The number of hydrogen-bond donors (Lipinski definition) is 2. The van der Waals surface area contributed by atoms with Crippen molar-refractivity contribution in [3.8, 4) is 0 Å². The Morgan fingerprint density at radius 3 is 2.65 bits per heavy atom. The molecule has 1 aromatic heterocycles. The molecule has 5 nitrogen and oxygen atoms in total. The number of halogens is 1. The maximum atomic E-state index is 6.15. The molecule has 0 saturated carbocycles. The van der Waals surface area contributed by atoms with Gasteiger partial charge in [-0.25, -0.2) is 0 Å². The summed E-state index contributed by atoms with van der Waals surface area (Å²) in [5.74, 6) is 1.34. The summed E-state index contributed by atoms with van der Waals surface area (Å²) in [5, 5.41) is 11.6. The smallest absolute Gasteiger partial charge is 0.224 e. The Morgan fingerprint density at radius 1 is 1.35 bits per heavy atom. The predicted molar refractivity (Wildman–Crippen MR) is 68.0 cm³/mol. The van der Waals surface area contributed by atoms with E-state index in [1.807, 2.05) is 35.9 Å². The van der Waals surface area contributed by atoms with Gasteiger partial charge in [-0.05, 0) is 11.6 Å². The highest BCUT2D eigenvalue weighted by atomic mass is 35.5. The Kier molecular flexibility index (Phi) is 3.31. The number of nitrogens with one attached hydrogen (secondary N) is 1. The van der Waals surface area contributed by atoms with Gasteiger partial charge in [0.15, 0.2) is 5.82 Å². The lowest BCUT2D eigenvalue weighted by Gasteiger charge is -2.13. The average Bonchev–Trinajstić information content (AvgIpc) is 2.70. The van der Waals surface area contributed by atoms with Gasteiger partial charge in [0.1, 0.15) is 0 Å². The molecule has 0 fully saturated rings. The van der Waals surface area contributed by atoms with Crippen LogP contribution in [0.3, 0.4) is 0 Å². The van der Waals surface area contributed by atoms with Crippen molar-refractivity contribution >= 4 is 17.5 Å². The molecule has 0 aliphatic heterocycles. The van der Waals surface area contributed by atoms with Crippen LogP contribution in [0.15, 0.2) is 24.3 Å². The predicted octanol–water partition coefficient (Wildman–Crippen LogP) is 1.56. The Labute approximate surface area is 105 Å². The van der Waals surface area contributed by atoms with Gasteiger partial charge in [-0.2, -0.15) is 0 Å². The molecule has 90 valence electrons. The first-order valence-electron chi connectivity index (χ1n) is 5.22. The maximum Gasteiger partial charge on any atom is 0.224 e. The largest absolute Gasteiger partial charge is 0.357 e. The molecule has 0 saturated heterocycles. The van der Waals surface area contributed by atoms with Crippen LogP contribution in [0.4, 0.5) is 5.95 Å². The van der Waals surface area contributed by atoms with Gasteiger partial charge in [-0.3, -0.25) is 4.57 Å². The number of aromatic nitrogens is 3. The molecule has 3 N–H and O–H groups in total. The molecule has 0 spiro atoms. The quantitative estimate of drug-likeness (QED) is 0.869. The zero-order valence-electron chi connectivity index (χ0n) is 9.68. The number of benzene rings is 1. The van der Waals surface area contributed by atoms with Crippen LogP contribution < -0.4 is 11.1 Å². The molecule has 17 heavy (non-hydrogen) atoms. The first-order valence-corrected chi connectivity index (χ1v) is 5.60. The molecule has 0 aliphatic carbocycles. The van der Waals surface area contributed by atoms with Gasteiger partial charge in [0.2, 0.25) is 5.95 Å². The first-order chi connectivity index (χ1) is 8.15. The van der Waals surface area contributed by atoms with Gasteiger partial charge < -0.3 is 11.1 Å². The zero-order valence-corrected chi connectivity index (χ0v) is 10.4. The molecule has 0 unspecified atom stereocenters. The second kappa shape index (κ2) is 4.73. The molecule has 0 bridgehead atoms. The first kappa shape index (κ1) is 11.9. The highest BCUT2D eigenvalue weighted by Gasteiger charge is 2.18. The van der Waals surface area contributed by atoms with Crippen molar-refractivity contribution in [3.63, 3.8) is 0 Å². The highest BCUT2D eigenvalue weighted by Crippen LogP contribution is 2.25. The summed E-state index contributed by atoms with van der Waals surface area (Å²) >= 11 is 6.11. The van der Waals surface area contributed by atoms with Crippen molar-refractivity contribution in [2.45, 2.75) is 6.04 Å². The number of anilines is 1. The SMILES string of the molecule is CNc1nnc([C@H](N)c2ccccc2Cl)n1C. The Bertz CT molecular complexity index is 522. The molecule has 6 heteroatoms. The van der Waals surface area contributed by atoms with Crippen molar-refractivity contribution in [1.29, 1.82) is 0 Å². The lowest BCUT2D eigenvalue weighted by Crippen LogP contribution is -2.17. The van der Waals surface area contributed by atoms with Crippen LogP contribution in [0.2, 0.25) is 5.02 Å². The topological polar surface area (TPSA) is 68.8 Å². The minimum atomic E-state index is -0.386. The molecular formula is C11H14ClN5. The molecule has 2 aromatic rings. The third-order valence-corrected chi connectivity index (χ3v) is 2.99. The van der Waals surface area contributed by atoms with Crippen LogP contribution in [0, 0.1) is 0 Å². The molecular weight excluding hydrogens is 238 g/mol. The van der Waals surface area contributed by atoms with Crippen molar-refractivity contribution in [2.24, 2.45) is 12.8 Å². The van der Waals surface area contributed by atoms with Crippen LogP contribution in [0.5, 0.6) is 0 Å². The van der Waals surface area contributed by atoms with Crippen LogP contribution in [0.25, 0.3) is 0 Å². The van der Waals surface area contributed by atoms with Crippen molar-refractivity contribution in [1.82, 2.24) is 14.8 Å². The van der Waals surface area contributed by atoms with E-state index in [4.69, 9.17) is 17.3 Å². The summed E-state index contributed by atoms with van der Waals surface area (Å²) < 4.78 is 1.81. The van der Waals surface area contributed by atoms with E-state index in [1.165, 1.54) is 0 Å². The molecule has 0 aliphatic rings. The minimum absolute atomic E-state index is 0.386. The normalized spacial score (nSPS) is 12.5. The Balaban J connectivity index is 2.40. The molecule has 1 aromatic carbocycles. The van der Waals surface area contributed by atoms with E-state index in [2.05, 4.69) is 15.5 Å². The number of rotatable bonds is 3. The minimum Gasteiger partial charge on any atom is -0.357 e. The van der Waals surface area contributed by atoms with E-state index < -0.39 is 0 Å². The van der Waals surface area contributed by atoms with Crippen LogP contribution in [0.1, 0.15) is 17.4 Å². The lowest BCUT2D eigenvalue weighted by molar-refractivity contribution is 0.717. The van der Waals surface area contributed by atoms with Gasteiger partial charge >= 0.3 is 0 Å². The van der Waals surface area contributed by atoms with E-state index in [1.54, 1.807) is 7.05 Å². The average molecular weight is 252 g/mol. The van der Waals surface area contributed by atoms with Crippen LogP contribution in [-0.2, 0) is 7.05 Å².